The van der Waals surface area contributed by atoms with Crippen molar-refractivity contribution in [3.05, 3.63) is 0 Å². The maximum atomic E-state index is 8.35. The van der Waals surface area contributed by atoms with Gasteiger partial charge in [-0.05, 0) is 0 Å². The van der Waals surface area contributed by atoms with Gasteiger partial charge in [0.25, 0.3) is 0 Å². The Kier molecular flexibility index (Phi) is 218. The molecule has 0 radical (unpaired) electrons. The molecule has 0 unspecified atom stereocenters. The summed E-state index contributed by atoms with van der Waals surface area (Å²) < 4.78 is 0. The lowest BCUT2D eigenvalue weighted by Gasteiger charge is -1.02. The second-order valence-corrected chi connectivity index (χ2v) is 0.306. The average Bonchev–Trinajstić information content (AvgIpc) is 1.70. The number of hydrogen-bond donors (Lipinski definition) is 3. The molecule has 0 rings (SSSR count). The quantitative estimate of drug-likeness (QED) is 0.307. The van der Waals surface area contributed by atoms with Gasteiger partial charge < -0.3 is 0 Å². The first kappa shape index (κ1) is 15.7. The number of rotatable bonds is 0. The van der Waals surface area contributed by atoms with E-state index in [1.165, 1.54) is 0 Å². The van der Waals surface area contributed by atoms with Crippen molar-refractivity contribution in [3.63, 3.8) is 0 Å². The van der Waals surface area contributed by atoms with Crippen LogP contribution in [0.2, 0.25) is 0 Å². The highest BCUT2D eigenvalue weighted by atomic mass is 16.1. The molecule has 0 aliphatic rings. The molecule has 0 aliphatic carbocycles. The summed E-state index contributed by atoms with van der Waals surface area (Å²) in [5.41, 5.74) is 0. The Balaban J connectivity index is -0.0000000600. The summed E-state index contributed by atoms with van der Waals surface area (Å²) in [6.45, 7) is 0. The summed E-state index contributed by atoms with van der Waals surface area (Å²) in [5.74, 6) is 0. The van der Waals surface area contributed by atoms with E-state index in [0.29, 0.717) is 0 Å². The molecule has 9 heavy (non-hydrogen) atoms. The van der Waals surface area contributed by atoms with Gasteiger partial charge in [-0.2, -0.15) is 0 Å². The van der Waals surface area contributed by atoms with Gasteiger partial charge in [-0.1, -0.05) is 0 Å². The number of nitrogens with one attached hydrogen (secondary N) is 3. The van der Waals surface area contributed by atoms with E-state index in [2.05, 4.69) is 0 Å². The lowest BCUT2D eigenvalue weighted by Crippen LogP contribution is -1.16. The van der Waals surface area contributed by atoms with Crippen LogP contribution in [0.25, 0.3) is 0 Å². The van der Waals surface area contributed by atoms with Crippen molar-refractivity contribution >= 4 is 18.2 Å². The highest BCUT2D eigenvalue weighted by molar-refractivity contribution is 5.26. The first-order valence-electron chi connectivity index (χ1n) is 1.36. The van der Waals surface area contributed by atoms with Crippen LogP contribution in [0.1, 0.15) is 0 Å². The third-order valence-electron chi connectivity index (χ3n) is 0. The second-order valence-electron chi connectivity index (χ2n) is 0.306. The van der Waals surface area contributed by atoms with Crippen LogP contribution < -0.4 is 0 Å². The van der Waals surface area contributed by atoms with Crippen molar-refractivity contribution in [1.82, 2.24) is 0 Å². The summed E-state index contributed by atoms with van der Waals surface area (Å²) in [4.78, 5) is 25.0. The van der Waals surface area contributed by atoms with Gasteiger partial charge in [0, 0.05) is 0 Å². The molecule has 0 saturated heterocycles. The maximum Gasteiger partial charge on any atom is 0.231 e. The van der Waals surface area contributed by atoms with Crippen LogP contribution in [-0.2, 0) is 14.4 Å². The number of hydrogen-bond acceptors (Lipinski definition) is 6. The molecule has 0 aliphatic heterocycles. The molecule has 6 nitrogen and oxygen atoms in total. The minimum absolute atomic E-state index is 0.750. The number of isocyanates is 3. The van der Waals surface area contributed by atoms with Crippen molar-refractivity contribution in [3.8, 4) is 0 Å². The van der Waals surface area contributed by atoms with Crippen molar-refractivity contribution in [2.24, 2.45) is 0 Å². The first-order chi connectivity index (χ1) is 4.24. The van der Waals surface area contributed by atoms with Crippen molar-refractivity contribution < 1.29 is 14.4 Å². The van der Waals surface area contributed by atoms with Gasteiger partial charge in [-0.15, -0.1) is 0 Å². The Morgan fingerprint density at radius 1 is 0.667 bits per heavy atom. The summed E-state index contributed by atoms with van der Waals surface area (Å²) >= 11 is 0. The zero-order valence-electron chi connectivity index (χ0n) is 4.22. The molecular formula is C3H3N3O3. The van der Waals surface area contributed by atoms with Crippen LogP contribution in [0.4, 0.5) is 0 Å². The summed E-state index contributed by atoms with van der Waals surface area (Å²) in [6.07, 6.45) is 2.25. The second kappa shape index (κ2) is 125. The molecule has 0 spiro atoms. The van der Waals surface area contributed by atoms with Crippen LogP contribution in [-0.4, -0.2) is 18.2 Å². The van der Waals surface area contributed by atoms with E-state index in [1.807, 2.05) is 0 Å². The average molecular weight is 129 g/mol. The van der Waals surface area contributed by atoms with Crippen molar-refractivity contribution in [2.45, 2.75) is 0 Å². The molecule has 0 aromatic heterocycles. The zero-order chi connectivity index (χ0) is 8.12. The molecular weight excluding hydrogens is 126 g/mol. The fraction of sp³-hybridized carbons (Fsp3) is 0. The fourth-order valence-electron chi connectivity index (χ4n) is 0. The van der Waals surface area contributed by atoms with Crippen LogP contribution in [0, 0.1) is 16.2 Å². The van der Waals surface area contributed by atoms with E-state index < -0.39 is 0 Å². The molecule has 48 valence electrons. The molecule has 0 atom stereocenters. The molecule has 0 amide bonds. The van der Waals surface area contributed by atoms with Gasteiger partial charge >= 0.3 is 0 Å². The largest absolute Gasteiger partial charge is 0.231 e. The lowest BCUT2D eigenvalue weighted by atomic mass is 11.7. The molecule has 0 saturated carbocycles. The van der Waals surface area contributed by atoms with Crippen molar-refractivity contribution in [2.75, 3.05) is 0 Å². The predicted octanol–water partition coefficient (Wildman–Crippen LogP) is -0.297. The Morgan fingerprint density at radius 2 is 0.667 bits per heavy atom. The predicted molar refractivity (Wildman–Crippen MR) is 25.2 cm³/mol. The van der Waals surface area contributed by atoms with Gasteiger partial charge in [-0.3, -0.25) is 0 Å². The molecule has 3 N–H and O–H groups in total. The molecule has 0 aromatic rings. The van der Waals surface area contributed by atoms with Crippen LogP contribution >= 0.6 is 0 Å². The SMILES string of the molecule is N=C=O.N=C=O.N=C=O. The molecule has 0 fully saturated rings. The maximum absolute atomic E-state index is 8.35. The molecule has 0 bridgehead atoms. The molecule has 0 aromatic carbocycles. The first-order valence-corrected chi connectivity index (χ1v) is 1.36. The molecule has 0 heterocycles. The van der Waals surface area contributed by atoms with E-state index in [1.54, 1.807) is 0 Å². The third kappa shape index (κ3) is 30.4. The Hall–Kier alpha value is -1.86. The van der Waals surface area contributed by atoms with Crippen LogP contribution in [0.5, 0.6) is 0 Å². The van der Waals surface area contributed by atoms with E-state index in [-0.39, 0.29) is 0 Å². The van der Waals surface area contributed by atoms with Crippen molar-refractivity contribution in [1.29, 1.82) is 16.2 Å². The minimum Gasteiger partial charge on any atom is -0.222 e. The Bertz CT molecular complexity index is 106. The summed E-state index contributed by atoms with van der Waals surface area (Å²) in [7, 11) is 0. The third-order valence-corrected chi connectivity index (χ3v) is 0. The van der Waals surface area contributed by atoms with Gasteiger partial charge in [0.05, 0.1) is 0 Å². The highest BCUT2D eigenvalue weighted by Crippen LogP contribution is 0.874. The van der Waals surface area contributed by atoms with Gasteiger partial charge in [0.15, 0.2) is 0 Å². The topological polar surface area (TPSA) is 123 Å². The van der Waals surface area contributed by atoms with Crippen LogP contribution in [0.15, 0.2) is 0 Å². The van der Waals surface area contributed by atoms with E-state index >= 15 is 0 Å². The van der Waals surface area contributed by atoms with E-state index in [4.69, 9.17) is 30.6 Å². The zero-order valence-corrected chi connectivity index (χ0v) is 4.22. The van der Waals surface area contributed by atoms with E-state index in [0.717, 1.165) is 18.2 Å². The minimum atomic E-state index is 0.750. The monoisotopic (exact) mass is 129 g/mol. The summed E-state index contributed by atoms with van der Waals surface area (Å²) in [5, 5.41) is 16.2. The van der Waals surface area contributed by atoms with E-state index in [9.17, 15) is 0 Å². The fourth-order valence-corrected chi connectivity index (χ4v) is 0. The van der Waals surface area contributed by atoms with Crippen LogP contribution in [0.3, 0.4) is 0 Å². The lowest BCUT2D eigenvalue weighted by molar-refractivity contribution is 0.562. The highest BCUT2D eigenvalue weighted by Gasteiger charge is 1.04. The standard InChI is InChI=1S/3CHNO/c3*2-1-3/h3*2H. The normalized spacial score (nSPS) is 2.67. The van der Waals surface area contributed by atoms with Gasteiger partial charge in [0.1, 0.15) is 0 Å². The van der Waals surface area contributed by atoms with Gasteiger partial charge in [0.2, 0.25) is 18.2 Å². The summed E-state index contributed by atoms with van der Waals surface area (Å²) in [6, 6.07) is 0. The molecule has 6 heteroatoms. The van der Waals surface area contributed by atoms with Gasteiger partial charge in [-0.25, -0.2) is 30.6 Å². The Morgan fingerprint density at radius 3 is 0.667 bits per heavy atom. The Labute approximate surface area is 50.0 Å². The number of carbonyl (C=O) groups excluding carboxylic acids is 3. The smallest absolute Gasteiger partial charge is 0.222 e.